The predicted molar refractivity (Wildman–Crippen MR) is 57.4 cm³/mol. The minimum Gasteiger partial charge on any atom is -0.478 e. The van der Waals surface area contributed by atoms with E-state index in [-0.39, 0.29) is 5.92 Å². The summed E-state index contributed by atoms with van der Waals surface area (Å²) in [6.07, 6.45) is 5.37. The summed E-state index contributed by atoms with van der Waals surface area (Å²) in [4.78, 5) is 10.8. The minimum absolute atomic E-state index is 0.0799. The average molecular weight is 233 g/mol. The fourth-order valence-corrected chi connectivity index (χ4v) is 1.71. The van der Waals surface area contributed by atoms with E-state index in [0.29, 0.717) is 22.1 Å². The van der Waals surface area contributed by atoms with Gasteiger partial charge in [-0.25, -0.2) is 4.79 Å². The number of rotatable bonds is 1. The second-order valence-electron chi connectivity index (χ2n) is 3.16. The van der Waals surface area contributed by atoms with Crippen LogP contribution in [0.3, 0.4) is 0 Å². The van der Waals surface area contributed by atoms with Crippen molar-refractivity contribution in [1.29, 1.82) is 0 Å². The van der Waals surface area contributed by atoms with Crippen LogP contribution < -0.4 is 0 Å². The first-order valence-electron chi connectivity index (χ1n) is 4.18. The quantitative estimate of drug-likeness (QED) is 0.754. The third-order valence-electron chi connectivity index (χ3n) is 2.01. The number of aliphatic carboxylic acids is 1. The summed E-state index contributed by atoms with van der Waals surface area (Å²) in [5.41, 5.74) is 0.312. The van der Waals surface area contributed by atoms with Crippen LogP contribution in [0.1, 0.15) is 13.3 Å². The third-order valence-corrected chi connectivity index (χ3v) is 2.50. The van der Waals surface area contributed by atoms with Crippen molar-refractivity contribution < 1.29 is 9.90 Å². The highest BCUT2D eigenvalue weighted by Crippen LogP contribution is 2.24. The van der Waals surface area contributed by atoms with Gasteiger partial charge in [-0.2, -0.15) is 0 Å². The standard InChI is InChI=1S/C10H10Cl2O2/c1-6-2-3-7(11)4-8(12)5-9(6)10(13)14/h3-6H,2H2,1H3,(H,13,14)/b7-3-,8-4+,9-5?. The second kappa shape index (κ2) is 4.67. The number of carboxylic acid groups (broad SMARTS) is 1. The highest BCUT2D eigenvalue weighted by molar-refractivity contribution is 6.35. The van der Waals surface area contributed by atoms with Crippen LogP contribution in [0.4, 0.5) is 0 Å². The molecule has 0 saturated heterocycles. The van der Waals surface area contributed by atoms with E-state index < -0.39 is 5.97 Å². The van der Waals surface area contributed by atoms with Crippen LogP contribution in [0.25, 0.3) is 0 Å². The van der Waals surface area contributed by atoms with Gasteiger partial charge in [0.25, 0.3) is 0 Å². The molecular formula is C10H10Cl2O2. The van der Waals surface area contributed by atoms with Gasteiger partial charge in [0, 0.05) is 15.6 Å². The molecule has 1 unspecified atom stereocenters. The summed E-state index contributed by atoms with van der Waals surface area (Å²) in [6, 6.07) is 0. The molecule has 0 radical (unpaired) electrons. The molecule has 0 aromatic heterocycles. The fourth-order valence-electron chi connectivity index (χ4n) is 1.21. The molecule has 14 heavy (non-hydrogen) atoms. The Morgan fingerprint density at radius 2 is 2.07 bits per heavy atom. The summed E-state index contributed by atoms with van der Waals surface area (Å²) in [5.74, 6) is -1.01. The highest BCUT2D eigenvalue weighted by Gasteiger charge is 2.16. The van der Waals surface area contributed by atoms with E-state index >= 15 is 0 Å². The first-order chi connectivity index (χ1) is 6.50. The molecule has 1 atom stereocenters. The number of allylic oxidation sites excluding steroid dienone is 5. The van der Waals surface area contributed by atoms with Crippen molar-refractivity contribution in [2.24, 2.45) is 5.92 Å². The summed E-state index contributed by atoms with van der Waals surface area (Å²) in [6.45, 7) is 1.83. The van der Waals surface area contributed by atoms with E-state index in [0.717, 1.165) is 0 Å². The van der Waals surface area contributed by atoms with Gasteiger partial charge in [-0.1, -0.05) is 36.2 Å². The van der Waals surface area contributed by atoms with E-state index in [1.54, 1.807) is 6.08 Å². The number of hydrogen-bond acceptors (Lipinski definition) is 1. The molecule has 0 heterocycles. The number of halogens is 2. The Balaban J connectivity index is 3.09. The minimum atomic E-state index is -0.935. The van der Waals surface area contributed by atoms with Crippen LogP contribution in [-0.4, -0.2) is 11.1 Å². The summed E-state index contributed by atoms with van der Waals surface area (Å²) in [5, 5.41) is 9.79. The van der Waals surface area contributed by atoms with Crippen molar-refractivity contribution in [3.05, 3.63) is 33.9 Å². The average Bonchev–Trinajstić information content (AvgIpc) is 2.08. The topological polar surface area (TPSA) is 37.3 Å². The first-order valence-corrected chi connectivity index (χ1v) is 4.94. The number of hydrogen-bond donors (Lipinski definition) is 1. The zero-order valence-electron chi connectivity index (χ0n) is 7.63. The van der Waals surface area contributed by atoms with Crippen molar-refractivity contribution in [3.8, 4) is 0 Å². The Hall–Kier alpha value is -0.730. The monoisotopic (exact) mass is 232 g/mol. The van der Waals surface area contributed by atoms with Crippen LogP contribution in [0.5, 0.6) is 0 Å². The molecular weight excluding hydrogens is 223 g/mol. The zero-order valence-corrected chi connectivity index (χ0v) is 9.14. The van der Waals surface area contributed by atoms with E-state index in [1.165, 1.54) is 12.2 Å². The van der Waals surface area contributed by atoms with Crippen molar-refractivity contribution >= 4 is 29.2 Å². The van der Waals surface area contributed by atoms with Gasteiger partial charge in [0.05, 0.1) is 0 Å². The second-order valence-corrected chi connectivity index (χ2v) is 4.03. The van der Waals surface area contributed by atoms with Gasteiger partial charge in [0.1, 0.15) is 0 Å². The van der Waals surface area contributed by atoms with Gasteiger partial charge in [0.2, 0.25) is 0 Å². The SMILES string of the molecule is CC1C/C=C(Cl)/C=C(/Cl)C=C1C(=O)O. The molecule has 0 saturated carbocycles. The van der Waals surface area contributed by atoms with Crippen LogP contribution in [0, 0.1) is 5.92 Å². The summed E-state index contributed by atoms with van der Waals surface area (Å²) in [7, 11) is 0. The molecule has 0 spiro atoms. The Morgan fingerprint density at radius 1 is 1.43 bits per heavy atom. The molecule has 4 heteroatoms. The molecule has 1 aliphatic carbocycles. The molecule has 0 fully saturated rings. The van der Waals surface area contributed by atoms with E-state index in [9.17, 15) is 4.79 Å². The van der Waals surface area contributed by atoms with Crippen LogP contribution in [0.15, 0.2) is 33.9 Å². The normalized spacial score (nSPS) is 30.2. The lowest BCUT2D eigenvalue weighted by Gasteiger charge is -2.12. The van der Waals surface area contributed by atoms with Crippen molar-refractivity contribution in [2.45, 2.75) is 13.3 Å². The molecule has 0 bridgehead atoms. The largest absolute Gasteiger partial charge is 0.478 e. The van der Waals surface area contributed by atoms with Gasteiger partial charge in [-0.05, 0) is 24.5 Å². The molecule has 0 amide bonds. The Kier molecular flexibility index (Phi) is 3.78. The molecule has 76 valence electrons. The van der Waals surface area contributed by atoms with Crippen molar-refractivity contribution in [2.75, 3.05) is 0 Å². The van der Waals surface area contributed by atoms with Gasteiger partial charge >= 0.3 is 5.97 Å². The molecule has 0 aromatic carbocycles. The van der Waals surface area contributed by atoms with Gasteiger partial charge < -0.3 is 5.11 Å². The lowest BCUT2D eigenvalue weighted by molar-refractivity contribution is -0.133. The Morgan fingerprint density at radius 3 is 2.64 bits per heavy atom. The summed E-state index contributed by atoms with van der Waals surface area (Å²) < 4.78 is 0. The van der Waals surface area contributed by atoms with E-state index in [4.69, 9.17) is 28.3 Å². The molecule has 2 nitrogen and oxygen atoms in total. The molecule has 1 N–H and O–H groups in total. The predicted octanol–water partition coefficient (Wildman–Crippen LogP) is 3.28. The maximum absolute atomic E-state index is 10.8. The van der Waals surface area contributed by atoms with Crippen LogP contribution >= 0.6 is 23.2 Å². The summed E-state index contributed by atoms with van der Waals surface area (Å²) >= 11 is 11.6. The lowest BCUT2D eigenvalue weighted by Crippen LogP contribution is -2.10. The number of carbonyl (C=O) groups is 1. The van der Waals surface area contributed by atoms with Crippen molar-refractivity contribution in [3.63, 3.8) is 0 Å². The highest BCUT2D eigenvalue weighted by atomic mass is 35.5. The van der Waals surface area contributed by atoms with Crippen LogP contribution in [0.2, 0.25) is 0 Å². The molecule has 1 aliphatic rings. The third kappa shape index (κ3) is 2.89. The maximum Gasteiger partial charge on any atom is 0.331 e. The molecule has 0 aromatic rings. The van der Waals surface area contributed by atoms with Crippen LogP contribution in [-0.2, 0) is 4.79 Å². The van der Waals surface area contributed by atoms with E-state index in [1.807, 2.05) is 6.92 Å². The Bertz CT molecular complexity index is 340. The Labute approximate surface area is 92.5 Å². The van der Waals surface area contributed by atoms with E-state index in [2.05, 4.69) is 0 Å². The van der Waals surface area contributed by atoms with Gasteiger partial charge in [-0.3, -0.25) is 0 Å². The van der Waals surface area contributed by atoms with Gasteiger partial charge in [0.15, 0.2) is 0 Å². The van der Waals surface area contributed by atoms with Crippen molar-refractivity contribution in [1.82, 2.24) is 0 Å². The smallest absolute Gasteiger partial charge is 0.331 e. The van der Waals surface area contributed by atoms with Gasteiger partial charge in [-0.15, -0.1) is 0 Å². The fraction of sp³-hybridized carbons (Fsp3) is 0.300. The first kappa shape index (κ1) is 11.3. The maximum atomic E-state index is 10.8. The zero-order chi connectivity index (χ0) is 10.7. The lowest BCUT2D eigenvalue weighted by atomic mass is 9.96. The molecule has 1 rings (SSSR count). The number of carboxylic acids is 1. The molecule has 0 aliphatic heterocycles.